The third-order valence-corrected chi connectivity index (χ3v) is 1.96. The topological polar surface area (TPSA) is 38.7 Å². The molecule has 0 aliphatic rings. The molecule has 3 heteroatoms. The van der Waals surface area contributed by atoms with Crippen molar-refractivity contribution >= 4 is 0 Å². The molecule has 0 aliphatic heterocycles. The Labute approximate surface area is 81.0 Å². The summed E-state index contributed by atoms with van der Waals surface area (Å²) >= 11 is 0. The lowest BCUT2D eigenvalue weighted by Gasteiger charge is -2.24. The Balaban J connectivity index is 3.63. The Bertz CT molecular complexity index is 132. The first-order valence-corrected chi connectivity index (χ1v) is 4.90. The molecule has 0 aromatic carbocycles. The molecule has 0 heterocycles. The first-order valence-electron chi connectivity index (χ1n) is 4.90. The minimum atomic E-state index is -0.344. The molecule has 0 fully saturated rings. The summed E-state index contributed by atoms with van der Waals surface area (Å²) < 4.78 is 0. The lowest BCUT2D eigenvalue weighted by Crippen LogP contribution is -2.27. The number of aliphatic hydroxyl groups excluding tert-OH is 1. The Morgan fingerprint density at radius 2 is 1.85 bits per heavy atom. The summed E-state index contributed by atoms with van der Waals surface area (Å²) in [6, 6.07) is 0. The molecule has 2 atom stereocenters. The highest BCUT2D eigenvalue weighted by Crippen LogP contribution is 2.16. The Morgan fingerprint density at radius 1 is 1.31 bits per heavy atom. The van der Waals surface area contributed by atoms with E-state index in [0.717, 1.165) is 6.42 Å². The van der Waals surface area contributed by atoms with Crippen LogP contribution in [0.4, 0.5) is 0 Å². The van der Waals surface area contributed by atoms with Crippen LogP contribution in [-0.2, 0) is 9.78 Å². The molecule has 2 unspecified atom stereocenters. The van der Waals surface area contributed by atoms with Crippen molar-refractivity contribution in [2.24, 2.45) is 0 Å². The zero-order chi connectivity index (χ0) is 10.5. The van der Waals surface area contributed by atoms with E-state index in [9.17, 15) is 0 Å². The number of hydrogen-bond donors (Lipinski definition) is 1. The van der Waals surface area contributed by atoms with E-state index in [1.54, 1.807) is 6.92 Å². The molecule has 80 valence electrons. The molecular formula is C10H22O3. The van der Waals surface area contributed by atoms with E-state index in [1.807, 2.05) is 27.7 Å². The first-order chi connectivity index (χ1) is 5.87. The molecule has 0 amide bonds. The van der Waals surface area contributed by atoms with Crippen molar-refractivity contribution in [3.05, 3.63) is 0 Å². The predicted octanol–water partition coefficient (Wildman–Crippen LogP) is 2.28. The monoisotopic (exact) mass is 190 g/mol. The van der Waals surface area contributed by atoms with Crippen LogP contribution in [0.2, 0.25) is 0 Å². The predicted molar refractivity (Wildman–Crippen MR) is 52.3 cm³/mol. The summed E-state index contributed by atoms with van der Waals surface area (Å²) in [5.74, 6) is 0. The van der Waals surface area contributed by atoms with Crippen LogP contribution in [0.1, 0.15) is 47.5 Å². The van der Waals surface area contributed by atoms with Gasteiger partial charge in [-0.05, 0) is 34.1 Å². The normalized spacial score (nSPS) is 17.1. The number of rotatable bonds is 6. The van der Waals surface area contributed by atoms with Crippen LogP contribution in [0.5, 0.6) is 0 Å². The van der Waals surface area contributed by atoms with E-state index in [-0.39, 0.29) is 17.8 Å². The van der Waals surface area contributed by atoms with Gasteiger partial charge < -0.3 is 5.11 Å². The maximum atomic E-state index is 9.07. The fourth-order valence-electron chi connectivity index (χ4n) is 0.791. The van der Waals surface area contributed by atoms with Gasteiger partial charge in [0.1, 0.15) is 0 Å². The maximum Gasteiger partial charge on any atom is 0.0977 e. The molecular weight excluding hydrogens is 168 g/mol. The fourth-order valence-corrected chi connectivity index (χ4v) is 0.791. The molecule has 0 aromatic heterocycles. The zero-order valence-corrected chi connectivity index (χ0v) is 9.33. The molecule has 1 N–H and O–H groups in total. The van der Waals surface area contributed by atoms with E-state index >= 15 is 0 Å². The van der Waals surface area contributed by atoms with Gasteiger partial charge in [0.05, 0.1) is 17.8 Å². The summed E-state index contributed by atoms with van der Waals surface area (Å²) in [4.78, 5) is 10.4. The highest BCUT2D eigenvalue weighted by Gasteiger charge is 2.18. The van der Waals surface area contributed by atoms with Gasteiger partial charge in [-0.3, -0.25) is 0 Å². The van der Waals surface area contributed by atoms with Gasteiger partial charge in [-0.15, -0.1) is 0 Å². The second kappa shape index (κ2) is 5.58. The molecule has 0 saturated heterocycles. The minimum Gasteiger partial charge on any atom is -0.393 e. The zero-order valence-electron chi connectivity index (χ0n) is 9.33. The van der Waals surface area contributed by atoms with Crippen molar-refractivity contribution in [2.45, 2.75) is 65.3 Å². The maximum absolute atomic E-state index is 9.07. The van der Waals surface area contributed by atoms with Crippen LogP contribution >= 0.6 is 0 Å². The highest BCUT2D eigenvalue weighted by atomic mass is 17.2. The number of hydrogen-bond acceptors (Lipinski definition) is 3. The van der Waals surface area contributed by atoms with Gasteiger partial charge in [-0.25, -0.2) is 9.78 Å². The second-order valence-corrected chi connectivity index (χ2v) is 4.19. The molecule has 0 saturated carbocycles. The third-order valence-electron chi connectivity index (χ3n) is 1.96. The van der Waals surface area contributed by atoms with E-state index in [2.05, 4.69) is 0 Å². The Hall–Kier alpha value is -0.120. The van der Waals surface area contributed by atoms with Gasteiger partial charge in [0.2, 0.25) is 0 Å². The van der Waals surface area contributed by atoms with Gasteiger partial charge >= 0.3 is 0 Å². The SMILES string of the molecule is CCC(C)(C)OOC(C)CC(C)O. The van der Waals surface area contributed by atoms with Gasteiger partial charge in [0.15, 0.2) is 0 Å². The lowest BCUT2D eigenvalue weighted by molar-refractivity contribution is -0.376. The molecule has 0 aromatic rings. The second-order valence-electron chi connectivity index (χ2n) is 4.19. The standard InChI is InChI=1S/C10H22O3/c1-6-10(4,5)13-12-9(3)7-8(2)11/h8-9,11H,6-7H2,1-5H3. The lowest BCUT2D eigenvalue weighted by atomic mass is 10.1. The first kappa shape index (κ1) is 12.9. The van der Waals surface area contributed by atoms with E-state index in [1.165, 1.54) is 0 Å². The average Bonchev–Trinajstić information content (AvgIpc) is 2.00. The van der Waals surface area contributed by atoms with Crippen LogP contribution in [0.3, 0.4) is 0 Å². The fraction of sp³-hybridized carbons (Fsp3) is 1.00. The number of aliphatic hydroxyl groups is 1. The molecule has 0 radical (unpaired) electrons. The third kappa shape index (κ3) is 6.99. The molecule has 3 nitrogen and oxygen atoms in total. The summed E-state index contributed by atoms with van der Waals surface area (Å²) in [6.07, 6.45) is 1.09. The molecule has 0 spiro atoms. The Kier molecular flexibility index (Phi) is 5.53. The largest absolute Gasteiger partial charge is 0.393 e. The average molecular weight is 190 g/mol. The Morgan fingerprint density at radius 3 is 2.23 bits per heavy atom. The quantitative estimate of drug-likeness (QED) is 0.516. The van der Waals surface area contributed by atoms with Crippen LogP contribution in [0, 0.1) is 0 Å². The van der Waals surface area contributed by atoms with Gasteiger partial charge in [-0.1, -0.05) is 6.92 Å². The summed E-state index contributed by atoms with van der Waals surface area (Å²) in [5, 5.41) is 9.07. The van der Waals surface area contributed by atoms with Crippen molar-refractivity contribution in [3.8, 4) is 0 Å². The van der Waals surface area contributed by atoms with Crippen LogP contribution in [0.15, 0.2) is 0 Å². The van der Waals surface area contributed by atoms with E-state index in [0.29, 0.717) is 6.42 Å². The molecule has 0 aliphatic carbocycles. The van der Waals surface area contributed by atoms with Crippen molar-refractivity contribution in [2.75, 3.05) is 0 Å². The minimum absolute atomic E-state index is 0.0641. The highest BCUT2D eigenvalue weighted by molar-refractivity contribution is 4.62. The van der Waals surface area contributed by atoms with Crippen LogP contribution in [0.25, 0.3) is 0 Å². The van der Waals surface area contributed by atoms with Gasteiger partial charge in [0.25, 0.3) is 0 Å². The van der Waals surface area contributed by atoms with Gasteiger partial charge in [-0.2, -0.15) is 0 Å². The van der Waals surface area contributed by atoms with Crippen molar-refractivity contribution in [3.63, 3.8) is 0 Å². The summed E-state index contributed by atoms with van der Waals surface area (Å²) in [7, 11) is 0. The van der Waals surface area contributed by atoms with Crippen LogP contribution in [-0.4, -0.2) is 22.9 Å². The van der Waals surface area contributed by atoms with Gasteiger partial charge in [0, 0.05) is 6.42 Å². The van der Waals surface area contributed by atoms with Crippen molar-refractivity contribution in [1.29, 1.82) is 0 Å². The van der Waals surface area contributed by atoms with E-state index < -0.39 is 0 Å². The van der Waals surface area contributed by atoms with Crippen molar-refractivity contribution < 1.29 is 14.9 Å². The molecule has 0 rings (SSSR count). The molecule has 13 heavy (non-hydrogen) atoms. The smallest absolute Gasteiger partial charge is 0.0977 e. The summed E-state index contributed by atoms with van der Waals surface area (Å²) in [5.41, 5.74) is -0.243. The van der Waals surface area contributed by atoms with E-state index in [4.69, 9.17) is 14.9 Å². The van der Waals surface area contributed by atoms with Crippen molar-refractivity contribution in [1.82, 2.24) is 0 Å². The molecule has 0 bridgehead atoms. The summed E-state index contributed by atoms with van der Waals surface area (Å²) in [6.45, 7) is 9.62. The van der Waals surface area contributed by atoms with Crippen LogP contribution < -0.4 is 0 Å².